The molecule has 0 atom stereocenters. The van der Waals surface area contributed by atoms with Crippen molar-refractivity contribution in [2.24, 2.45) is 0 Å². The fraction of sp³-hybridized carbons (Fsp3) is 0.118. The normalized spacial score (nSPS) is 10.6. The van der Waals surface area contributed by atoms with Crippen LogP contribution in [0, 0.1) is 0 Å². The van der Waals surface area contributed by atoms with Crippen molar-refractivity contribution in [1.29, 1.82) is 0 Å². The summed E-state index contributed by atoms with van der Waals surface area (Å²) in [6.45, 7) is 0. The second kappa shape index (κ2) is 6.34. The second-order valence-electron chi connectivity index (χ2n) is 5.28. The molecule has 6 heteroatoms. The molecule has 0 saturated heterocycles. The number of aromatic nitrogens is 2. The first-order chi connectivity index (χ1) is 11.0. The summed E-state index contributed by atoms with van der Waals surface area (Å²) in [6.07, 6.45) is 3.43. The van der Waals surface area contributed by atoms with Crippen molar-refractivity contribution in [3.8, 4) is 0 Å². The molecule has 0 saturated carbocycles. The number of pyridine rings is 2. The lowest BCUT2D eigenvalue weighted by molar-refractivity contribution is 0.102. The Morgan fingerprint density at radius 2 is 2.00 bits per heavy atom. The molecule has 1 N–H and O–H groups in total. The van der Waals surface area contributed by atoms with E-state index in [9.17, 15) is 4.79 Å². The van der Waals surface area contributed by atoms with Crippen LogP contribution in [0.3, 0.4) is 0 Å². The molecule has 2 heterocycles. The molecular formula is C17H15BrN4O. The summed E-state index contributed by atoms with van der Waals surface area (Å²) in [5, 5.41) is 2.90. The Kier molecular flexibility index (Phi) is 4.25. The molecule has 3 rings (SSSR count). The molecule has 1 amide bonds. The summed E-state index contributed by atoms with van der Waals surface area (Å²) >= 11 is 3.37. The largest absolute Gasteiger partial charge is 0.376 e. The minimum Gasteiger partial charge on any atom is -0.376 e. The van der Waals surface area contributed by atoms with Crippen molar-refractivity contribution in [2.75, 3.05) is 24.3 Å². The highest BCUT2D eigenvalue weighted by Gasteiger charge is 2.11. The smallest absolute Gasteiger partial charge is 0.255 e. The number of nitrogens with zero attached hydrogens (tertiary/aromatic N) is 3. The van der Waals surface area contributed by atoms with Gasteiger partial charge >= 0.3 is 0 Å². The second-order valence-corrected chi connectivity index (χ2v) is 6.19. The highest BCUT2D eigenvalue weighted by Crippen LogP contribution is 2.23. The van der Waals surface area contributed by atoms with Crippen LogP contribution in [-0.2, 0) is 0 Å². The maximum absolute atomic E-state index is 12.4. The third-order valence-corrected chi connectivity index (χ3v) is 3.91. The van der Waals surface area contributed by atoms with E-state index in [2.05, 4.69) is 31.2 Å². The Morgan fingerprint density at radius 1 is 1.17 bits per heavy atom. The molecule has 5 nitrogen and oxygen atoms in total. The maximum atomic E-state index is 12.4. The standard InChI is InChI=1S/C17H15BrN4O/c1-22(2)13-9-15-16(20-10-13)14(6-7-19-15)21-17(23)11-4-3-5-12(18)8-11/h3-10H,1-2H3,(H,19,21,23). The monoisotopic (exact) mass is 370 g/mol. The molecular weight excluding hydrogens is 356 g/mol. The first-order valence-electron chi connectivity index (χ1n) is 7.03. The number of halogens is 1. The van der Waals surface area contributed by atoms with Gasteiger partial charge in [0.25, 0.3) is 5.91 Å². The average molecular weight is 371 g/mol. The summed E-state index contributed by atoms with van der Waals surface area (Å²) in [5.41, 5.74) is 3.59. The van der Waals surface area contributed by atoms with E-state index in [0.717, 1.165) is 15.7 Å². The number of carbonyl (C=O) groups excluding carboxylic acids is 1. The first kappa shape index (κ1) is 15.4. The number of amides is 1. The van der Waals surface area contributed by atoms with Crippen LogP contribution in [0.2, 0.25) is 0 Å². The van der Waals surface area contributed by atoms with Crippen LogP contribution < -0.4 is 10.2 Å². The van der Waals surface area contributed by atoms with Gasteiger partial charge in [-0.1, -0.05) is 22.0 Å². The van der Waals surface area contributed by atoms with Crippen LogP contribution in [0.5, 0.6) is 0 Å². The molecule has 116 valence electrons. The van der Waals surface area contributed by atoms with E-state index >= 15 is 0 Å². The van der Waals surface area contributed by atoms with Crippen molar-refractivity contribution >= 4 is 44.2 Å². The molecule has 0 aliphatic rings. The third kappa shape index (κ3) is 3.32. The Balaban J connectivity index is 1.95. The predicted molar refractivity (Wildman–Crippen MR) is 96.0 cm³/mol. The van der Waals surface area contributed by atoms with Gasteiger partial charge in [0, 0.05) is 30.3 Å². The van der Waals surface area contributed by atoms with Gasteiger partial charge in [-0.15, -0.1) is 0 Å². The summed E-state index contributed by atoms with van der Waals surface area (Å²) < 4.78 is 0.860. The van der Waals surface area contributed by atoms with Gasteiger partial charge in [-0.3, -0.25) is 14.8 Å². The van der Waals surface area contributed by atoms with E-state index in [1.807, 2.05) is 37.2 Å². The van der Waals surface area contributed by atoms with Gasteiger partial charge < -0.3 is 10.2 Å². The van der Waals surface area contributed by atoms with Crippen LogP contribution in [-0.4, -0.2) is 30.0 Å². The zero-order valence-corrected chi connectivity index (χ0v) is 14.3. The van der Waals surface area contributed by atoms with E-state index in [0.29, 0.717) is 16.8 Å². The Bertz CT molecular complexity index is 879. The zero-order chi connectivity index (χ0) is 16.4. The lowest BCUT2D eigenvalue weighted by Crippen LogP contribution is -2.13. The topological polar surface area (TPSA) is 58.1 Å². The fourth-order valence-electron chi connectivity index (χ4n) is 2.19. The van der Waals surface area contributed by atoms with Crippen LogP contribution in [0.4, 0.5) is 11.4 Å². The fourth-order valence-corrected chi connectivity index (χ4v) is 2.59. The van der Waals surface area contributed by atoms with E-state index in [-0.39, 0.29) is 5.91 Å². The Morgan fingerprint density at radius 3 is 2.74 bits per heavy atom. The highest BCUT2D eigenvalue weighted by molar-refractivity contribution is 9.10. The number of fused-ring (bicyclic) bond motifs is 1. The number of rotatable bonds is 3. The molecule has 2 aromatic heterocycles. The van der Waals surface area contributed by atoms with Gasteiger partial charge in [-0.25, -0.2) is 0 Å². The number of anilines is 2. The minimum atomic E-state index is -0.183. The van der Waals surface area contributed by atoms with Crippen LogP contribution in [0.15, 0.2) is 53.3 Å². The van der Waals surface area contributed by atoms with Gasteiger partial charge in [0.05, 0.1) is 23.1 Å². The van der Waals surface area contributed by atoms with E-state index in [4.69, 9.17) is 0 Å². The molecule has 3 aromatic rings. The Labute approximate surface area is 142 Å². The molecule has 0 unspecified atom stereocenters. The summed E-state index contributed by atoms with van der Waals surface area (Å²) in [6, 6.07) is 10.9. The van der Waals surface area contributed by atoms with Crippen LogP contribution in [0.25, 0.3) is 11.0 Å². The van der Waals surface area contributed by atoms with E-state index in [1.54, 1.807) is 30.6 Å². The lowest BCUT2D eigenvalue weighted by atomic mass is 10.2. The van der Waals surface area contributed by atoms with Crippen LogP contribution in [0.1, 0.15) is 10.4 Å². The molecule has 0 fully saturated rings. The van der Waals surface area contributed by atoms with Gasteiger partial charge in [-0.05, 0) is 30.3 Å². The zero-order valence-electron chi connectivity index (χ0n) is 12.7. The van der Waals surface area contributed by atoms with Crippen molar-refractivity contribution in [2.45, 2.75) is 0 Å². The van der Waals surface area contributed by atoms with Crippen LogP contribution >= 0.6 is 15.9 Å². The number of nitrogens with one attached hydrogen (secondary N) is 1. The summed E-state index contributed by atoms with van der Waals surface area (Å²) in [4.78, 5) is 23.1. The summed E-state index contributed by atoms with van der Waals surface area (Å²) in [5.74, 6) is -0.183. The number of hydrogen-bond acceptors (Lipinski definition) is 4. The van der Waals surface area contributed by atoms with Gasteiger partial charge in [0.15, 0.2) is 0 Å². The van der Waals surface area contributed by atoms with E-state index < -0.39 is 0 Å². The average Bonchev–Trinajstić information content (AvgIpc) is 2.54. The van der Waals surface area contributed by atoms with Crippen molar-refractivity contribution in [1.82, 2.24) is 9.97 Å². The van der Waals surface area contributed by atoms with Crippen molar-refractivity contribution < 1.29 is 4.79 Å². The first-order valence-corrected chi connectivity index (χ1v) is 7.83. The van der Waals surface area contributed by atoms with Crippen molar-refractivity contribution in [3.63, 3.8) is 0 Å². The molecule has 0 aliphatic carbocycles. The third-order valence-electron chi connectivity index (χ3n) is 3.41. The van der Waals surface area contributed by atoms with Gasteiger partial charge in [0.2, 0.25) is 0 Å². The number of benzene rings is 1. The Hall–Kier alpha value is -2.47. The molecule has 1 aromatic carbocycles. The molecule has 0 radical (unpaired) electrons. The quantitative estimate of drug-likeness (QED) is 0.763. The SMILES string of the molecule is CN(C)c1cnc2c(NC(=O)c3cccc(Br)c3)ccnc2c1. The molecule has 0 aliphatic heterocycles. The van der Waals surface area contributed by atoms with Gasteiger partial charge in [0.1, 0.15) is 5.52 Å². The molecule has 0 bridgehead atoms. The van der Waals surface area contributed by atoms with Gasteiger partial charge in [-0.2, -0.15) is 0 Å². The van der Waals surface area contributed by atoms with E-state index in [1.165, 1.54) is 0 Å². The molecule has 23 heavy (non-hydrogen) atoms. The van der Waals surface area contributed by atoms with Crippen molar-refractivity contribution in [3.05, 3.63) is 58.8 Å². The minimum absolute atomic E-state index is 0.183. The number of carbonyl (C=O) groups is 1. The number of hydrogen-bond donors (Lipinski definition) is 1. The maximum Gasteiger partial charge on any atom is 0.255 e. The predicted octanol–water partition coefficient (Wildman–Crippen LogP) is 3.71. The molecule has 0 spiro atoms. The lowest BCUT2D eigenvalue weighted by Gasteiger charge is -2.13. The highest BCUT2D eigenvalue weighted by atomic mass is 79.9. The summed E-state index contributed by atoms with van der Waals surface area (Å²) in [7, 11) is 3.89.